The first-order chi connectivity index (χ1) is 10.5. The summed E-state index contributed by atoms with van der Waals surface area (Å²) in [7, 11) is 1.99. The molecule has 1 aromatic heterocycles. The molecule has 0 saturated carbocycles. The van der Waals surface area contributed by atoms with Crippen molar-refractivity contribution in [2.45, 2.75) is 47.1 Å². The van der Waals surface area contributed by atoms with Crippen LogP contribution in [0.5, 0.6) is 0 Å². The summed E-state index contributed by atoms with van der Waals surface area (Å²) in [5.74, 6) is 4.40. The average molecular weight is 306 g/mol. The van der Waals surface area contributed by atoms with Crippen LogP contribution in [-0.2, 0) is 13.6 Å². The number of aryl methyl sites for hydroxylation is 1. The van der Waals surface area contributed by atoms with E-state index in [0.29, 0.717) is 6.54 Å². The van der Waals surface area contributed by atoms with Crippen molar-refractivity contribution in [3.63, 3.8) is 0 Å². The van der Waals surface area contributed by atoms with Crippen LogP contribution in [0.4, 0.5) is 0 Å². The van der Waals surface area contributed by atoms with E-state index in [1.165, 1.54) is 12.8 Å². The minimum absolute atomic E-state index is 0.574. The van der Waals surface area contributed by atoms with Crippen molar-refractivity contribution < 1.29 is 0 Å². The van der Waals surface area contributed by atoms with Gasteiger partial charge in [-0.25, -0.2) is 4.99 Å². The average Bonchev–Trinajstić information content (AvgIpc) is 3.04. The Kier molecular flexibility index (Phi) is 5.80. The predicted molar refractivity (Wildman–Crippen MR) is 89.7 cm³/mol. The highest BCUT2D eigenvalue weighted by atomic mass is 15.3. The van der Waals surface area contributed by atoms with E-state index >= 15 is 0 Å². The normalized spacial score (nSPS) is 19.3. The van der Waals surface area contributed by atoms with Crippen LogP contribution in [0.1, 0.15) is 45.3 Å². The zero-order chi connectivity index (χ0) is 16.1. The summed E-state index contributed by atoms with van der Waals surface area (Å²) in [5.41, 5.74) is 0. The Hall–Kier alpha value is -1.59. The van der Waals surface area contributed by atoms with Crippen LogP contribution in [0.15, 0.2) is 4.99 Å². The lowest BCUT2D eigenvalue weighted by Gasteiger charge is -2.22. The number of rotatable bonds is 5. The molecule has 1 aliphatic heterocycles. The Labute approximate surface area is 134 Å². The molecule has 1 atom stereocenters. The van der Waals surface area contributed by atoms with Crippen LogP contribution in [0.3, 0.4) is 0 Å². The standard InChI is InChI=1S/C16H30N6/c1-6-17-16(18-10-15-20-19-13(4)21(15)5)22-8-7-14(11-22)9-12(2)3/h12,14H,6-11H2,1-5H3,(H,17,18). The van der Waals surface area contributed by atoms with E-state index in [-0.39, 0.29) is 0 Å². The van der Waals surface area contributed by atoms with E-state index in [0.717, 1.165) is 49.1 Å². The van der Waals surface area contributed by atoms with E-state index < -0.39 is 0 Å². The highest BCUT2D eigenvalue weighted by molar-refractivity contribution is 5.80. The van der Waals surface area contributed by atoms with Crippen molar-refractivity contribution in [1.29, 1.82) is 0 Å². The summed E-state index contributed by atoms with van der Waals surface area (Å²) >= 11 is 0. The van der Waals surface area contributed by atoms with E-state index in [4.69, 9.17) is 4.99 Å². The largest absolute Gasteiger partial charge is 0.357 e. The summed E-state index contributed by atoms with van der Waals surface area (Å²) < 4.78 is 2.00. The molecule has 1 saturated heterocycles. The molecule has 1 aromatic rings. The quantitative estimate of drug-likeness (QED) is 0.667. The van der Waals surface area contributed by atoms with Crippen molar-refractivity contribution in [3.05, 3.63) is 11.6 Å². The first-order valence-corrected chi connectivity index (χ1v) is 8.39. The molecule has 124 valence electrons. The van der Waals surface area contributed by atoms with Gasteiger partial charge < -0.3 is 14.8 Å². The number of likely N-dealkylation sites (tertiary alicyclic amines) is 1. The summed E-state index contributed by atoms with van der Waals surface area (Å²) in [6.45, 7) is 12.4. The van der Waals surface area contributed by atoms with Gasteiger partial charge in [-0.2, -0.15) is 0 Å². The van der Waals surface area contributed by atoms with Crippen LogP contribution in [-0.4, -0.2) is 45.3 Å². The minimum Gasteiger partial charge on any atom is -0.357 e. The van der Waals surface area contributed by atoms with Gasteiger partial charge in [-0.15, -0.1) is 10.2 Å². The van der Waals surface area contributed by atoms with Crippen LogP contribution in [0.25, 0.3) is 0 Å². The van der Waals surface area contributed by atoms with E-state index in [1.54, 1.807) is 0 Å². The Bertz CT molecular complexity index is 505. The molecular formula is C16H30N6. The van der Waals surface area contributed by atoms with Crippen molar-refractivity contribution in [2.75, 3.05) is 19.6 Å². The maximum atomic E-state index is 4.76. The fourth-order valence-electron chi connectivity index (χ4n) is 3.04. The zero-order valence-corrected chi connectivity index (χ0v) is 14.6. The number of guanidine groups is 1. The molecule has 2 heterocycles. The lowest BCUT2D eigenvalue weighted by atomic mass is 9.97. The third-order valence-electron chi connectivity index (χ3n) is 4.28. The van der Waals surface area contributed by atoms with E-state index in [2.05, 4.69) is 41.2 Å². The topological polar surface area (TPSA) is 58.3 Å². The minimum atomic E-state index is 0.574. The lowest BCUT2D eigenvalue weighted by Crippen LogP contribution is -2.40. The monoisotopic (exact) mass is 306 g/mol. The van der Waals surface area contributed by atoms with Gasteiger partial charge in [0.25, 0.3) is 0 Å². The summed E-state index contributed by atoms with van der Waals surface area (Å²) in [5, 5.41) is 11.7. The highest BCUT2D eigenvalue weighted by Crippen LogP contribution is 2.23. The number of hydrogen-bond donors (Lipinski definition) is 1. The fraction of sp³-hybridized carbons (Fsp3) is 0.812. The van der Waals surface area contributed by atoms with E-state index in [9.17, 15) is 0 Å². The van der Waals surface area contributed by atoms with Gasteiger partial charge in [-0.3, -0.25) is 0 Å². The van der Waals surface area contributed by atoms with Crippen molar-refractivity contribution in [2.24, 2.45) is 23.9 Å². The van der Waals surface area contributed by atoms with Crippen LogP contribution in [0.2, 0.25) is 0 Å². The number of hydrogen-bond acceptors (Lipinski definition) is 3. The van der Waals surface area contributed by atoms with Gasteiger partial charge in [0.05, 0.1) is 0 Å². The number of nitrogens with zero attached hydrogens (tertiary/aromatic N) is 5. The molecule has 6 nitrogen and oxygen atoms in total. The molecule has 22 heavy (non-hydrogen) atoms. The third-order valence-corrected chi connectivity index (χ3v) is 4.28. The van der Waals surface area contributed by atoms with Crippen molar-refractivity contribution >= 4 is 5.96 Å². The van der Waals surface area contributed by atoms with E-state index in [1.807, 2.05) is 18.5 Å². The van der Waals surface area contributed by atoms with Gasteiger partial charge in [-0.05, 0) is 38.5 Å². The van der Waals surface area contributed by atoms with Gasteiger partial charge in [-0.1, -0.05) is 13.8 Å². The second kappa shape index (κ2) is 7.61. The molecule has 1 fully saturated rings. The second-order valence-electron chi connectivity index (χ2n) is 6.62. The maximum absolute atomic E-state index is 4.76. The summed E-state index contributed by atoms with van der Waals surface area (Å²) in [6, 6.07) is 0. The summed E-state index contributed by atoms with van der Waals surface area (Å²) in [4.78, 5) is 7.15. The Morgan fingerprint density at radius 2 is 2.18 bits per heavy atom. The molecule has 0 spiro atoms. The first kappa shape index (κ1) is 16.8. The van der Waals surface area contributed by atoms with Gasteiger partial charge in [0.1, 0.15) is 12.4 Å². The Balaban J connectivity index is 2.00. The predicted octanol–water partition coefficient (Wildman–Crippen LogP) is 1.96. The summed E-state index contributed by atoms with van der Waals surface area (Å²) in [6.07, 6.45) is 2.57. The lowest BCUT2D eigenvalue weighted by molar-refractivity contribution is 0.403. The first-order valence-electron chi connectivity index (χ1n) is 8.39. The molecule has 0 aromatic carbocycles. The number of aliphatic imine (C=N–C) groups is 1. The molecule has 0 bridgehead atoms. The SMILES string of the molecule is CCNC(=NCc1nnc(C)n1C)N1CCC(CC(C)C)C1. The van der Waals surface area contributed by atoms with Crippen LogP contribution >= 0.6 is 0 Å². The highest BCUT2D eigenvalue weighted by Gasteiger charge is 2.25. The van der Waals surface area contributed by atoms with Gasteiger partial charge >= 0.3 is 0 Å². The van der Waals surface area contributed by atoms with Crippen LogP contribution in [0, 0.1) is 18.8 Å². The maximum Gasteiger partial charge on any atom is 0.194 e. The van der Waals surface area contributed by atoms with Crippen molar-refractivity contribution in [1.82, 2.24) is 25.0 Å². The molecule has 2 rings (SSSR count). The van der Waals surface area contributed by atoms with Gasteiger partial charge in [0.2, 0.25) is 0 Å². The number of nitrogens with one attached hydrogen (secondary N) is 1. The van der Waals surface area contributed by atoms with Crippen LogP contribution < -0.4 is 5.32 Å². The molecular weight excluding hydrogens is 276 g/mol. The second-order valence-corrected chi connectivity index (χ2v) is 6.62. The Morgan fingerprint density at radius 1 is 1.41 bits per heavy atom. The smallest absolute Gasteiger partial charge is 0.194 e. The molecule has 1 N–H and O–H groups in total. The zero-order valence-electron chi connectivity index (χ0n) is 14.6. The molecule has 6 heteroatoms. The Morgan fingerprint density at radius 3 is 2.77 bits per heavy atom. The van der Waals surface area contributed by atoms with Gasteiger partial charge in [0.15, 0.2) is 11.8 Å². The third kappa shape index (κ3) is 4.21. The van der Waals surface area contributed by atoms with Crippen molar-refractivity contribution in [3.8, 4) is 0 Å². The molecule has 0 aliphatic carbocycles. The van der Waals surface area contributed by atoms with Gasteiger partial charge in [0, 0.05) is 26.7 Å². The number of aromatic nitrogens is 3. The molecule has 1 unspecified atom stereocenters. The fourth-order valence-corrected chi connectivity index (χ4v) is 3.04. The molecule has 1 aliphatic rings. The molecule has 0 amide bonds. The molecule has 0 radical (unpaired) electrons.